The molecular weight excluding hydrogens is 330 g/mol. The molecular formula is C20H19N3O3. The van der Waals surface area contributed by atoms with Crippen molar-refractivity contribution in [3.8, 4) is 5.69 Å². The molecule has 0 saturated carbocycles. The van der Waals surface area contributed by atoms with Gasteiger partial charge in [-0.25, -0.2) is 9.48 Å². The van der Waals surface area contributed by atoms with Gasteiger partial charge in [-0.05, 0) is 49.4 Å². The second kappa shape index (κ2) is 7.65. The minimum Gasteiger partial charge on any atom is -0.452 e. The number of likely N-dealkylation sites (N-methyl/N-ethyl adjacent to an activating group) is 1. The van der Waals surface area contributed by atoms with Crippen molar-refractivity contribution in [2.75, 3.05) is 18.6 Å². The van der Waals surface area contributed by atoms with Crippen LogP contribution in [0, 0.1) is 6.92 Å². The third-order valence-electron chi connectivity index (χ3n) is 4.02. The van der Waals surface area contributed by atoms with Crippen LogP contribution in [0.25, 0.3) is 5.69 Å². The summed E-state index contributed by atoms with van der Waals surface area (Å²) in [4.78, 5) is 25.8. The van der Waals surface area contributed by atoms with Gasteiger partial charge in [0.1, 0.15) is 0 Å². The molecule has 1 amide bonds. The molecule has 0 aliphatic rings. The summed E-state index contributed by atoms with van der Waals surface area (Å²) in [6, 6.07) is 18.0. The fourth-order valence-electron chi connectivity index (χ4n) is 2.48. The molecule has 0 aliphatic carbocycles. The lowest BCUT2D eigenvalue weighted by atomic mass is 10.2. The summed E-state index contributed by atoms with van der Waals surface area (Å²) < 4.78 is 6.91. The fraction of sp³-hybridized carbons (Fsp3) is 0.150. The largest absolute Gasteiger partial charge is 0.452 e. The summed E-state index contributed by atoms with van der Waals surface area (Å²) in [5.74, 6) is -0.836. The van der Waals surface area contributed by atoms with Gasteiger partial charge in [-0.2, -0.15) is 5.10 Å². The van der Waals surface area contributed by atoms with E-state index in [1.165, 1.54) is 4.90 Å². The van der Waals surface area contributed by atoms with Gasteiger partial charge < -0.3 is 9.64 Å². The zero-order valence-electron chi connectivity index (χ0n) is 14.6. The molecule has 132 valence electrons. The Bertz CT molecular complexity index is 902. The summed E-state index contributed by atoms with van der Waals surface area (Å²) in [6.07, 6.45) is 1.71. The maximum absolute atomic E-state index is 12.2. The van der Waals surface area contributed by atoms with Crippen LogP contribution < -0.4 is 4.90 Å². The molecule has 0 atom stereocenters. The Balaban J connectivity index is 1.60. The van der Waals surface area contributed by atoms with Crippen LogP contribution in [0.2, 0.25) is 0 Å². The first-order chi connectivity index (χ1) is 12.6. The Kier molecular flexibility index (Phi) is 5.12. The van der Waals surface area contributed by atoms with Crippen molar-refractivity contribution in [2.45, 2.75) is 6.92 Å². The molecule has 0 bridgehead atoms. The monoisotopic (exact) mass is 349 g/mol. The molecule has 1 heterocycles. The lowest BCUT2D eigenvalue weighted by Crippen LogP contribution is -2.31. The van der Waals surface area contributed by atoms with Crippen LogP contribution in [0.5, 0.6) is 0 Å². The van der Waals surface area contributed by atoms with Crippen molar-refractivity contribution in [2.24, 2.45) is 0 Å². The Morgan fingerprint density at radius 3 is 2.35 bits per heavy atom. The number of esters is 1. The second-order valence-corrected chi connectivity index (χ2v) is 5.80. The number of benzene rings is 2. The van der Waals surface area contributed by atoms with Gasteiger partial charge in [0, 0.05) is 24.6 Å². The first kappa shape index (κ1) is 17.4. The Labute approximate surface area is 151 Å². The average molecular weight is 349 g/mol. The molecule has 6 nitrogen and oxygen atoms in total. The van der Waals surface area contributed by atoms with Crippen molar-refractivity contribution >= 4 is 17.6 Å². The van der Waals surface area contributed by atoms with Gasteiger partial charge in [-0.3, -0.25) is 4.79 Å². The molecule has 3 aromatic rings. The van der Waals surface area contributed by atoms with E-state index in [9.17, 15) is 9.59 Å². The molecule has 0 unspecified atom stereocenters. The second-order valence-electron chi connectivity index (χ2n) is 5.80. The molecule has 0 radical (unpaired) electrons. The number of hydrogen-bond acceptors (Lipinski definition) is 4. The van der Waals surface area contributed by atoms with E-state index in [-0.39, 0.29) is 12.5 Å². The zero-order chi connectivity index (χ0) is 18.5. The normalized spacial score (nSPS) is 10.4. The summed E-state index contributed by atoms with van der Waals surface area (Å²) in [6.45, 7) is 1.63. The lowest BCUT2D eigenvalue weighted by Gasteiger charge is -2.17. The van der Waals surface area contributed by atoms with Gasteiger partial charge in [0.15, 0.2) is 6.61 Å². The van der Waals surface area contributed by atoms with E-state index in [1.54, 1.807) is 42.2 Å². The molecule has 0 aliphatic heterocycles. The molecule has 26 heavy (non-hydrogen) atoms. The van der Waals surface area contributed by atoms with Gasteiger partial charge in [-0.1, -0.05) is 18.2 Å². The topological polar surface area (TPSA) is 64.4 Å². The van der Waals surface area contributed by atoms with E-state index < -0.39 is 5.97 Å². The molecule has 3 rings (SSSR count). The molecule has 0 spiro atoms. The Hall–Kier alpha value is -3.41. The smallest absolute Gasteiger partial charge is 0.338 e. The van der Waals surface area contributed by atoms with Crippen LogP contribution in [0.4, 0.5) is 5.69 Å². The summed E-state index contributed by atoms with van der Waals surface area (Å²) in [5.41, 5.74) is 2.97. The van der Waals surface area contributed by atoms with E-state index in [0.717, 1.165) is 17.1 Å². The molecule has 0 N–H and O–H groups in total. The number of ether oxygens (including phenoxy) is 1. The van der Waals surface area contributed by atoms with Gasteiger partial charge >= 0.3 is 5.97 Å². The Morgan fingerprint density at radius 1 is 1.04 bits per heavy atom. The van der Waals surface area contributed by atoms with Crippen molar-refractivity contribution in [1.82, 2.24) is 9.78 Å². The van der Waals surface area contributed by atoms with Gasteiger partial charge in [-0.15, -0.1) is 0 Å². The quantitative estimate of drug-likeness (QED) is 0.664. The van der Waals surface area contributed by atoms with Gasteiger partial charge in [0.2, 0.25) is 0 Å². The predicted octanol–water partition coefficient (Wildman–Crippen LogP) is 3.00. The number of amides is 1. The van der Waals surface area contributed by atoms with Crippen LogP contribution in [-0.2, 0) is 9.53 Å². The minimum atomic E-state index is -0.538. The van der Waals surface area contributed by atoms with E-state index in [0.29, 0.717) is 5.56 Å². The van der Waals surface area contributed by atoms with Crippen LogP contribution in [-0.4, -0.2) is 35.3 Å². The third-order valence-corrected chi connectivity index (χ3v) is 4.02. The van der Waals surface area contributed by atoms with Crippen molar-refractivity contribution < 1.29 is 14.3 Å². The van der Waals surface area contributed by atoms with E-state index in [1.807, 2.05) is 43.3 Å². The number of rotatable bonds is 5. The van der Waals surface area contributed by atoms with E-state index in [4.69, 9.17) is 4.74 Å². The highest BCUT2D eigenvalue weighted by molar-refractivity contribution is 5.96. The highest BCUT2D eigenvalue weighted by atomic mass is 16.5. The number of nitrogens with zero attached hydrogens (tertiary/aromatic N) is 3. The molecule has 1 aromatic heterocycles. The molecule has 2 aromatic carbocycles. The lowest BCUT2D eigenvalue weighted by molar-refractivity contribution is -0.121. The maximum atomic E-state index is 12.2. The number of aromatic nitrogens is 2. The predicted molar refractivity (Wildman–Crippen MR) is 98.4 cm³/mol. The van der Waals surface area contributed by atoms with Gasteiger partial charge in [0.05, 0.1) is 11.3 Å². The number of para-hydroxylation sites is 1. The SMILES string of the molecule is Cc1ccnn1-c1ccc(C(=O)OCC(=O)N(C)c2ccccc2)cc1. The zero-order valence-corrected chi connectivity index (χ0v) is 14.6. The van der Waals surface area contributed by atoms with Crippen LogP contribution in [0.15, 0.2) is 66.9 Å². The Morgan fingerprint density at radius 2 is 1.73 bits per heavy atom. The number of carbonyl (C=O) groups excluding carboxylic acids is 2. The van der Waals surface area contributed by atoms with Crippen LogP contribution in [0.1, 0.15) is 16.1 Å². The molecule has 0 saturated heterocycles. The first-order valence-electron chi connectivity index (χ1n) is 8.16. The van der Waals surface area contributed by atoms with E-state index in [2.05, 4.69) is 5.10 Å². The summed E-state index contributed by atoms with van der Waals surface area (Å²) >= 11 is 0. The van der Waals surface area contributed by atoms with Crippen molar-refractivity contribution in [1.29, 1.82) is 0 Å². The standard InChI is InChI=1S/C20H19N3O3/c1-15-12-13-21-23(15)18-10-8-16(9-11-18)20(25)26-14-19(24)22(2)17-6-4-3-5-7-17/h3-13H,14H2,1-2H3. The third kappa shape index (κ3) is 3.80. The fourth-order valence-corrected chi connectivity index (χ4v) is 2.48. The number of hydrogen-bond donors (Lipinski definition) is 0. The first-order valence-corrected chi connectivity index (χ1v) is 8.16. The number of aryl methyl sites for hydroxylation is 1. The highest BCUT2D eigenvalue weighted by Gasteiger charge is 2.15. The minimum absolute atomic E-state index is 0.298. The number of anilines is 1. The van der Waals surface area contributed by atoms with E-state index >= 15 is 0 Å². The summed E-state index contributed by atoms with van der Waals surface area (Å²) in [7, 11) is 1.65. The summed E-state index contributed by atoms with van der Waals surface area (Å²) in [5, 5.41) is 4.22. The maximum Gasteiger partial charge on any atom is 0.338 e. The molecule has 0 fully saturated rings. The highest BCUT2D eigenvalue weighted by Crippen LogP contribution is 2.13. The van der Waals surface area contributed by atoms with Crippen molar-refractivity contribution in [3.05, 3.63) is 78.1 Å². The van der Waals surface area contributed by atoms with Crippen LogP contribution in [0.3, 0.4) is 0 Å². The van der Waals surface area contributed by atoms with Crippen LogP contribution >= 0.6 is 0 Å². The number of carbonyl (C=O) groups is 2. The average Bonchev–Trinajstić information content (AvgIpc) is 3.12. The molecule has 6 heteroatoms. The van der Waals surface area contributed by atoms with Gasteiger partial charge in [0.25, 0.3) is 5.91 Å². The van der Waals surface area contributed by atoms with Crippen molar-refractivity contribution in [3.63, 3.8) is 0 Å².